The number of para-hydroxylation sites is 1. The fourth-order valence-electron chi connectivity index (χ4n) is 4.66. The van der Waals surface area contributed by atoms with Gasteiger partial charge >= 0.3 is 0 Å². The molecule has 1 atom stereocenters. The molecule has 1 unspecified atom stereocenters. The molecular formula is C26H27N2O4-. The van der Waals surface area contributed by atoms with Crippen molar-refractivity contribution >= 4 is 11.4 Å². The number of anilines is 1. The maximum absolute atomic E-state index is 12.3. The highest BCUT2D eigenvalue weighted by atomic mass is 16.5. The second-order valence-corrected chi connectivity index (χ2v) is 8.48. The Morgan fingerprint density at radius 2 is 1.88 bits per heavy atom. The van der Waals surface area contributed by atoms with E-state index in [0.717, 1.165) is 63.5 Å². The van der Waals surface area contributed by atoms with Gasteiger partial charge in [-0.2, -0.15) is 0 Å². The molecule has 0 radical (unpaired) electrons. The summed E-state index contributed by atoms with van der Waals surface area (Å²) in [6, 6.07) is 13.8. The first-order chi connectivity index (χ1) is 15.7. The summed E-state index contributed by atoms with van der Waals surface area (Å²) in [6.07, 6.45) is 9.21. The Morgan fingerprint density at radius 1 is 1.03 bits per heavy atom. The number of ether oxygens (including phenoxy) is 2. The van der Waals surface area contributed by atoms with Crippen molar-refractivity contribution in [3.63, 3.8) is 0 Å². The highest BCUT2D eigenvalue weighted by Crippen LogP contribution is 2.36. The average molecular weight is 432 g/mol. The van der Waals surface area contributed by atoms with Crippen molar-refractivity contribution < 1.29 is 14.2 Å². The van der Waals surface area contributed by atoms with Crippen LogP contribution in [0.5, 0.6) is 5.75 Å². The average Bonchev–Trinajstić information content (AvgIpc) is 2.82. The molecule has 2 heterocycles. The number of hydrogen-bond acceptors (Lipinski definition) is 5. The summed E-state index contributed by atoms with van der Waals surface area (Å²) in [5, 5.41) is 25.7. The van der Waals surface area contributed by atoms with E-state index in [-0.39, 0.29) is 6.10 Å². The molecule has 0 saturated carbocycles. The molecular weight excluding hydrogens is 404 g/mol. The maximum atomic E-state index is 12.3. The lowest BCUT2D eigenvalue weighted by molar-refractivity contribution is -0.464. The lowest BCUT2D eigenvalue weighted by Crippen LogP contribution is -2.36. The molecule has 3 aliphatic rings. The monoisotopic (exact) mass is 431 g/mol. The minimum atomic E-state index is -0.313. The number of nitrogens with zero attached hydrogens (tertiary/aromatic N) is 2. The Hall–Kier alpha value is -3.09. The largest absolute Gasteiger partial charge is 0.758 e. The number of aryl methyl sites for hydroxylation is 1. The summed E-state index contributed by atoms with van der Waals surface area (Å²) < 4.78 is 13.2. The number of allylic oxidation sites excluding steroid dienone is 2. The molecule has 0 amide bonds. The van der Waals surface area contributed by atoms with Crippen molar-refractivity contribution in [1.82, 2.24) is 0 Å². The second-order valence-electron chi connectivity index (χ2n) is 8.48. The van der Waals surface area contributed by atoms with E-state index in [4.69, 9.17) is 9.47 Å². The number of fused-ring (bicyclic) bond motifs is 2. The Kier molecular flexibility index (Phi) is 5.97. The van der Waals surface area contributed by atoms with Crippen molar-refractivity contribution in [2.45, 2.75) is 45.0 Å². The molecule has 166 valence electrons. The van der Waals surface area contributed by atoms with Gasteiger partial charge in [-0.3, -0.25) is 0 Å². The van der Waals surface area contributed by atoms with Gasteiger partial charge in [0.1, 0.15) is 12.4 Å². The van der Waals surface area contributed by atoms with Crippen molar-refractivity contribution in [1.29, 1.82) is 0 Å². The third kappa shape index (κ3) is 4.29. The van der Waals surface area contributed by atoms with Crippen LogP contribution in [-0.4, -0.2) is 29.6 Å². The topological polar surface area (TPSA) is 70.8 Å². The quantitative estimate of drug-likeness (QED) is 0.492. The SMILES string of the molecule is [O-]N1CCCc2cccc(OCc3cccc(COC4C=CC=C5CCC[N+]([O-])=C54)c3)c21. The zero-order valence-corrected chi connectivity index (χ0v) is 18.0. The van der Waals surface area contributed by atoms with Gasteiger partial charge in [0.2, 0.25) is 5.71 Å². The molecule has 2 aromatic rings. The zero-order valence-electron chi connectivity index (χ0n) is 18.0. The normalized spacial score (nSPS) is 20.0. The van der Waals surface area contributed by atoms with Gasteiger partial charge in [0.25, 0.3) is 0 Å². The molecule has 0 aromatic heterocycles. The lowest BCUT2D eigenvalue weighted by Gasteiger charge is -2.37. The predicted octanol–water partition coefficient (Wildman–Crippen LogP) is 4.64. The first kappa shape index (κ1) is 20.8. The van der Waals surface area contributed by atoms with Gasteiger partial charge in [-0.15, -0.1) is 0 Å². The summed E-state index contributed by atoms with van der Waals surface area (Å²) in [6.45, 7) is 1.81. The van der Waals surface area contributed by atoms with E-state index in [1.807, 2.05) is 60.7 Å². The third-order valence-electron chi connectivity index (χ3n) is 6.21. The molecule has 0 bridgehead atoms. The third-order valence-corrected chi connectivity index (χ3v) is 6.21. The van der Waals surface area contributed by atoms with Crippen LogP contribution in [0.25, 0.3) is 0 Å². The van der Waals surface area contributed by atoms with Gasteiger partial charge in [-0.1, -0.05) is 48.6 Å². The van der Waals surface area contributed by atoms with Crippen LogP contribution in [0, 0.1) is 10.4 Å². The van der Waals surface area contributed by atoms with Crippen LogP contribution in [0.4, 0.5) is 5.69 Å². The first-order valence-corrected chi connectivity index (χ1v) is 11.3. The van der Waals surface area contributed by atoms with E-state index in [0.29, 0.717) is 37.7 Å². The van der Waals surface area contributed by atoms with Gasteiger partial charge in [0.15, 0.2) is 12.6 Å². The van der Waals surface area contributed by atoms with Gasteiger partial charge in [0, 0.05) is 18.5 Å². The van der Waals surface area contributed by atoms with Gasteiger partial charge in [-0.25, -0.2) is 4.74 Å². The van der Waals surface area contributed by atoms with Crippen LogP contribution in [0.3, 0.4) is 0 Å². The van der Waals surface area contributed by atoms with Gasteiger partial charge < -0.3 is 25.0 Å². The molecule has 0 N–H and O–H groups in total. The van der Waals surface area contributed by atoms with E-state index in [2.05, 4.69) is 0 Å². The van der Waals surface area contributed by atoms with Gasteiger partial charge in [0.05, 0.1) is 12.3 Å². The summed E-state index contributed by atoms with van der Waals surface area (Å²) in [5.74, 6) is 0.634. The number of rotatable bonds is 6. The Bertz CT molecular complexity index is 1090. The first-order valence-electron chi connectivity index (χ1n) is 11.3. The molecule has 2 aliphatic heterocycles. The molecule has 2 aromatic carbocycles. The van der Waals surface area contributed by atoms with E-state index < -0.39 is 0 Å². The summed E-state index contributed by atoms with van der Waals surface area (Å²) >= 11 is 0. The van der Waals surface area contributed by atoms with Crippen LogP contribution >= 0.6 is 0 Å². The van der Waals surface area contributed by atoms with Crippen LogP contribution in [0.15, 0.2) is 66.3 Å². The fourth-order valence-corrected chi connectivity index (χ4v) is 4.66. The summed E-state index contributed by atoms with van der Waals surface area (Å²) in [5.41, 5.74) is 5.57. The van der Waals surface area contributed by atoms with E-state index in [1.54, 1.807) is 0 Å². The van der Waals surface area contributed by atoms with Crippen molar-refractivity contribution in [2.24, 2.45) is 0 Å². The standard InChI is InChI=1S/C26H27N2O4/c29-27-14-4-10-21-8-2-12-23(25(21)27)31-17-19-6-1-7-20(16-19)18-32-24-13-3-9-22-11-5-15-28(30)26(22)24/h1-3,6-9,12-13,16,23H,4-5,10-11,14-15,17-18H2/q-1. The minimum absolute atomic E-state index is 0.313. The predicted molar refractivity (Wildman–Crippen MR) is 125 cm³/mol. The summed E-state index contributed by atoms with van der Waals surface area (Å²) in [4.78, 5) is 0. The van der Waals surface area contributed by atoms with Crippen LogP contribution in [-0.2, 0) is 24.4 Å². The molecule has 0 saturated heterocycles. The van der Waals surface area contributed by atoms with E-state index in [9.17, 15) is 10.4 Å². The van der Waals surface area contributed by atoms with Crippen molar-refractivity contribution in [3.8, 4) is 5.75 Å². The van der Waals surface area contributed by atoms with Crippen LogP contribution in [0.2, 0.25) is 0 Å². The smallest absolute Gasteiger partial charge is 0.223 e. The molecule has 0 fully saturated rings. The van der Waals surface area contributed by atoms with Crippen LogP contribution in [0.1, 0.15) is 36.0 Å². The molecule has 6 heteroatoms. The van der Waals surface area contributed by atoms with Crippen molar-refractivity contribution in [2.75, 3.05) is 18.2 Å². The zero-order chi connectivity index (χ0) is 21.9. The Morgan fingerprint density at radius 3 is 2.78 bits per heavy atom. The van der Waals surface area contributed by atoms with Crippen LogP contribution < -0.4 is 9.80 Å². The van der Waals surface area contributed by atoms with Crippen molar-refractivity contribution in [3.05, 3.63) is 93.4 Å². The summed E-state index contributed by atoms with van der Waals surface area (Å²) in [7, 11) is 0. The molecule has 32 heavy (non-hydrogen) atoms. The number of hydroxylamine groups is 2. The second kappa shape index (κ2) is 9.18. The molecule has 5 rings (SSSR count). The van der Waals surface area contributed by atoms with E-state index >= 15 is 0 Å². The molecule has 1 aliphatic carbocycles. The molecule has 6 nitrogen and oxygen atoms in total. The van der Waals surface area contributed by atoms with E-state index in [1.165, 1.54) is 0 Å². The van der Waals surface area contributed by atoms with Gasteiger partial charge in [-0.05, 0) is 48.1 Å². The Balaban J connectivity index is 1.24. The lowest BCUT2D eigenvalue weighted by atomic mass is 9.93. The highest BCUT2D eigenvalue weighted by molar-refractivity contribution is 6.02. The number of hydrogen-bond donors (Lipinski definition) is 0. The fraction of sp³-hybridized carbons (Fsp3) is 0.346. The molecule has 0 spiro atoms. The Labute approximate surface area is 188 Å². The maximum Gasteiger partial charge on any atom is 0.223 e. The number of benzene rings is 2. The minimum Gasteiger partial charge on any atom is -0.758 e. The highest BCUT2D eigenvalue weighted by Gasteiger charge is 2.30.